The quantitative estimate of drug-likeness (QED) is 0.928. The zero-order chi connectivity index (χ0) is 13.3. The summed E-state index contributed by atoms with van der Waals surface area (Å²) in [7, 11) is 0. The van der Waals surface area contributed by atoms with Crippen LogP contribution in [-0.2, 0) is 0 Å². The minimum Gasteiger partial charge on any atom is -0.380 e. The molecule has 2 rings (SSSR count). The number of nitrogens with one attached hydrogen (secondary N) is 1. The molecule has 0 bridgehead atoms. The average molecular weight is 314 g/mol. The van der Waals surface area contributed by atoms with Gasteiger partial charge in [0.2, 0.25) is 0 Å². The molecule has 0 radical (unpaired) electrons. The zero-order valence-corrected chi connectivity index (χ0v) is 12.7. The topological polar surface area (TPSA) is 46.9 Å². The van der Waals surface area contributed by atoms with Crippen molar-refractivity contribution in [2.75, 3.05) is 5.32 Å². The Labute approximate surface area is 116 Å². The summed E-state index contributed by atoms with van der Waals surface area (Å²) in [4.78, 5) is 12.1. The normalized spacial score (nSPS) is 17.6. The second-order valence-corrected chi connectivity index (χ2v) is 6.13. The standard InChI is InChI=1S/C13H20BrN3O/c1-8(2)17-13(18)12(14)11(7-15-17)16-9(3)10-5-4-6-10/h7-10,16H,4-6H2,1-3H3. The minimum atomic E-state index is -0.0733. The van der Waals surface area contributed by atoms with Crippen LogP contribution in [0.2, 0.25) is 0 Å². The number of halogens is 1. The second kappa shape index (κ2) is 5.43. The maximum absolute atomic E-state index is 12.1. The van der Waals surface area contributed by atoms with Crippen LogP contribution in [0, 0.1) is 5.92 Å². The predicted molar refractivity (Wildman–Crippen MR) is 77.0 cm³/mol. The van der Waals surface area contributed by atoms with E-state index in [4.69, 9.17) is 0 Å². The Balaban J connectivity index is 2.19. The molecule has 1 N–H and O–H groups in total. The van der Waals surface area contributed by atoms with Crippen LogP contribution in [0.4, 0.5) is 5.69 Å². The van der Waals surface area contributed by atoms with E-state index in [2.05, 4.69) is 33.3 Å². The van der Waals surface area contributed by atoms with Crippen molar-refractivity contribution in [2.45, 2.75) is 52.1 Å². The molecule has 0 amide bonds. The lowest BCUT2D eigenvalue weighted by molar-refractivity contribution is 0.285. The molecule has 1 aromatic rings. The summed E-state index contributed by atoms with van der Waals surface area (Å²) in [6, 6.07) is 0.470. The largest absolute Gasteiger partial charge is 0.380 e. The number of rotatable bonds is 4. The molecule has 1 aliphatic carbocycles. The average Bonchev–Trinajstić information content (AvgIpc) is 2.22. The van der Waals surface area contributed by atoms with E-state index in [0.717, 1.165) is 11.6 Å². The van der Waals surface area contributed by atoms with E-state index in [9.17, 15) is 4.79 Å². The van der Waals surface area contributed by atoms with Gasteiger partial charge in [0.25, 0.3) is 5.56 Å². The molecule has 4 nitrogen and oxygen atoms in total. The molecule has 18 heavy (non-hydrogen) atoms. The van der Waals surface area contributed by atoms with Gasteiger partial charge in [-0.3, -0.25) is 4.79 Å². The van der Waals surface area contributed by atoms with E-state index in [1.807, 2.05) is 13.8 Å². The number of hydrogen-bond acceptors (Lipinski definition) is 3. The van der Waals surface area contributed by atoms with Crippen molar-refractivity contribution in [1.29, 1.82) is 0 Å². The van der Waals surface area contributed by atoms with Crippen LogP contribution in [0.1, 0.15) is 46.1 Å². The summed E-state index contributed by atoms with van der Waals surface area (Å²) in [5, 5.41) is 7.60. The smallest absolute Gasteiger partial charge is 0.283 e. The van der Waals surface area contributed by atoms with Gasteiger partial charge >= 0.3 is 0 Å². The second-order valence-electron chi connectivity index (χ2n) is 5.34. The van der Waals surface area contributed by atoms with Gasteiger partial charge in [-0.15, -0.1) is 0 Å². The molecule has 1 atom stereocenters. The molecular weight excluding hydrogens is 294 g/mol. The molecule has 1 aliphatic rings. The fourth-order valence-corrected chi connectivity index (χ4v) is 2.61. The fraction of sp³-hybridized carbons (Fsp3) is 0.692. The lowest BCUT2D eigenvalue weighted by Crippen LogP contribution is -2.32. The van der Waals surface area contributed by atoms with E-state index < -0.39 is 0 Å². The Bertz CT molecular complexity index is 480. The van der Waals surface area contributed by atoms with Crippen molar-refractivity contribution in [3.8, 4) is 0 Å². The van der Waals surface area contributed by atoms with E-state index >= 15 is 0 Å². The number of anilines is 1. The first-order chi connectivity index (χ1) is 8.50. The third-order valence-electron chi connectivity index (χ3n) is 3.67. The van der Waals surface area contributed by atoms with Gasteiger partial charge in [-0.25, -0.2) is 4.68 Å². The first-order valence-corrected chi connectivity index (χ1v) is 7.34. The summed E-state index contributed by atoms with van der Waals surface area (Å²) in [5.41, 5.74) is 0.729. The lowest BCUT2D eigenvalue weighted by atomic mass is 9.80. The van der Waals surface area contributed by atoms with Gasteiger partial charge in [-0.1, -0.05) is 6.42 Å². The Hall–Kier alpha value is -0.840. The molecule has 1 saturated carbocycles. The fourth-order valence-electron chi connectivity index (χ4n) is 2.22. The van der Waals surface area contributed by atoms with Crippen molar-refractivity contribution < 1.29 is 0 Å². The van der Waals surface area contributed by atoms with Crippen LogP contribution in [0.5, 0.6) is 0 Å². The highest BCUT2D eigenvalue weighted by atomic mass is 79.9. The van der Waals surface area contributed by atoms with Crippen molar-refractivity contribution in [1.82, 2.24) is 9.78 Å². The van der Waals surface area contributed by atoms with Crippen LogP contribution in [-0.4, -0.2) is 15.8 Å². The van der Waals surface area contributed by atoms with Gasteiger partial charge in [0.15, 0.2) is 0 Å². The molecule has 1 heterocycles. The maximum atomic E-state index is 12.1. The third kappa shape index (κ3) is 2.60. The van der Waals surface area contributed by atoms with Crippen molar-refractivity contribution in [2.24, 2.45) is 5.92 Å². The summed E-state index contributed by atoms with van der Waals surface area (Å²) in [6.45, 7) is 6.07. The summed E-state index contributed by atoms with van der Waals surface area (Å²) in [5.74, 6) is 0.726. The van der Waals surface area contributed by atoms with Gasteiger partial charge in [-0.05, 0) is 55.5 Å². The Kier molecular flexibility index (Phi) is 4.10. The Morgan fingerprint density at radius 3 is 2.61 bits per heavy atom. The number of hydrogen-bond donors (Lipinski definition) is 1. The van der Waals surface area contributed by atoms with Crippen LogP contribution in [0.25, 0.3) is 0 Å². The van der Waals surface area contributed by atoms with Crippen LogP contribution < -0.4 is 10.9 Å². The van der Waals surface area contributed by atoms with E-state index in [1.165, 1.54) is 23.9 Å². The van der Waals surface area contributed by atoms with Gasteiger partial charge in [0.05, 0.1) is 17.9 Å². The molecule has 5 heteroatoms. The molecule has 0 spiro atoms. The number of aromatic nitrogens is 2. The SMILES string of the molecule is CC(Nc1cnn(C(C)C)c(=O)c1Br)C1CCC1. The molecule has 1 unspecified atom stereocenters. The first-order valence-electron chi connectivity index (χ1n) is 6.54. The molecule has 0 aromatic carbocycles. The van der Waals surface area contributed by atoms with Gasteiger partial charge < -0.3 is 5.32 Å². The molecule has 1 fully saturated rings. The molecule has 0 aliphatic heterocycles. The Morgan fingerprint density at radius 1 is 1.44 bits per heavy atom. The minimum absolute atomic E-state index is 0.0733. The third-order valence-corrected chi connectivity index (χ3v) is 4.44. The van der Waals surface area contributed by atoms with Gasteiger partial charge in [0.1, 0.15) is 4.47 Å². The predicted octanol–water partition coefficient (Wildman–Crippen LogP) is 3.19. The van der Waals surface area contributed by atoms with Crippen molar-refractivity contribution >= 4 is 21.6 Å². The summed E-state index contributed by atoms with van der Waals surface area (Å²) < 4.78 is 2.07. The molecule has 100 valence electrons. The van der Waals surface area contributed by atoms with E-state index in [0.29, 0.717) is 10.5 Å². The highest BCUT2D eigenvalue weighted by Crippen LogP contribution is 2.31. The first kappa shape index (κ1) is 13.6. The summed E-state index contributed by atoms with van der Waals surface area (Å²) >= 11 is 3.38. The van der Waals surface area contributed by atoms with Gasteiger partial charge in [-0.2, -0.15) is 5.10 Å². The zero-order valence-electron chi connectivity index (χ0n) is 11.1. The highest BCUT2D eigenvalue weighted by molar-refractivity contribution is 9.10. The van der Waals surface area contributed by atoms with Crippen molar-refractivity contribution in [3.63, 3.8) is 0 Å². The molecular formula is C13H20BrN3O. The van der Waals surface area contributed by atoms with Gasteiger partial charge in [0, 0.05) is 6.04 Å². The Morgan fingerprint density at radius 2 is 2.11 bits per heavy atom. The van der Waals surface area contributed by atoms with Crippen LogP contribution in [0.3, 0.4) is 0 Å². The van der Waals surface area contributed by atoms with E-state index in [1.54, 1.807) is 6.20 Å². The van der Waals surface area contributed by atoms with E-state index in [-0.39, 0.29) is 11.6 Å². The lowest BCUT2D eigenvalue weighted by Gasteiger charge is -2.32. The van der Waals surface area contributed by atoms with Crippen molar-refractivity contribution in [3.05, 3.63) is 21.0 Å². The van der Waals surface area contributed by atoms with Crippen LogP contribution >= 0.6 is 15.9 Å². The number of nitrogens with zero attached hydrogens (tertiary/aromatic N) is 2. The highest BCUT2D eigenvalue weighted by Gasteiger charge is 2.24. The summed E-state index contributed by atoms with van der Waals surface area (Å²) in [6.07, 6.45) is 5.62. The maximum Gasteiger partial charge on any atom is 0.283 e. The molecule has 0 saturated heterocycles. The molecule has 1 aromatic heterocycles. The van der Waals surface area contributed by atoms with Crippen LogP contribution in [0.15, 0.2) is 15.5 Å². The monoisotopic (exact) mass is 313 g/mol.